The molecule has 3 heteroatoms. The van der Waals surface area contributed by atoms with Crippen LogP contribution in [0.4, 0.5) is 0 Å². The highest BCUT2D eigenvalue weighted by atomic mass is 16.3. The van der Waals surface area contributed by atoms with Gasteiger partial charge in [0.25, 0.3) is 0 Å². The fourth-order valence-electron chi connectivity index (χ4n) is 3.97. The van der Waals surface area contributed by atoms with E-state index in [0.717, 1.165) is 13.1 Å². The summed E-state index contributed by atoms with van der Waals surface area (Å²) in [6.45, 7) is 11.4. The average Bonchev–Trinajstić information content (AvgIpc) is 2.74. The molecule has 2 aromatic rings. The number of benzene rings is 1. The smallest absolute Gasteiger partial charge is 0.0845 e. The number of fused-ring (bicyclic) bond motifs is 1. The quantitative estimate of drug-likeness (QED) is 0.930. The molecule has 126 valence electrons. The zero-order valence-electron chi connectivity index (χ0n) is 15.0. The van der Waals surface area contributed by atoms with Crippen molar-refractivity contribution in [3.63, 3.8) is 0 Å². The lowest BCUT2D eigenvalue weighted by molar-refractivity contribution is 0.0641. The molecule has 1 aliphatic rings. The van der Waals surface area contributed by atoms with Crippen molar-refractivity contribution < 1.29 is 5.11 Å². The van der Waals surface area contributed by atoms with E-state index in [9.17, 15) is 5.11 Å². The van der Waals surface area contributed by atoms with E-state index in [1.165, 1.54) is 47.0 Å². The van der Waals surface area contributed by atoms with Gasteiger partial charge in [0.15, 0.2) is 0 Å². The lowest BCUT2D eigenvalue weighted by atomic mass is 10.0. The summed E-state index contributed by atoms with van der Waals surface area (Å²) >= 11 is 0. The molecule has 3 rings (SSSR count). The van der Waals surface area contributed by atoms with Gasteiger partial charge < -0.3 is 9.67 Å². The number of aryl methyl sites for hydroxylation is 2. The minimum absolute atomic E-state index is 0.314. The van der Waals surface area contributed by atoms with E-state index in [-0.39, 0.29) is 6.10 Å². The van der Waals surface area contributed by atoms with E-state index >= 15 is 0 Å². The molecule has 0 radical (unpaired) electrons. The fraction of sp³-hybridized carbons (Fsp3) is 0.600. The van der Waals surface area contributed by atoms with Crippen LogP contribution in [0.25, 0.3) is 10.9 Å². The van der Waals surface area contributed by atoms with Crippen LogP contribution in [0.15, 0.2) is 18.2 Å². The fourth-order valence-corrected chi connectivity index (χ4v) is 3.97. The highest BCUT2D eigenvalue weighted by molar-refractivity contribution is 5.85. The van der Waals surface area contributed by atoms with Crippen LogP contribution >= 0.6 is 0 Å². The van der Waals surface area contributed by atoms with Crippen molar-refractivity contribution in [3.05, 3.63) is 35.0 Å². The largest absolute Gasteiger partial charge is 0.390 e. The summed E-state index contributed by atoms with van der Waals surface area (Å²) in [6.07, 6.45) is 3.54. The highest BCUT2D eigenvalue weighted by Crippen LogP contribution is 2.26. The van der Waals surface area contributed by atoms with Crippen molar-refractivity contribution in [3.8, 4) is 0 Å². The number of likely N-dealkylation sites (tertiary alicyclic amines) is 1. The zero-order valence-corrected chi connectivity index (χ0v) is 15.0. The predicted molar refractivity (Wildman–Crippen MR) is 97.0 cm³/mol. The first-order valence-corrected chi connectivity index (χ1v) is 8.95. The molecule has 1 aliphatic heterocycles. The van der Waals surface area contributed by atoms with Crippen LogP contribution in [0.1, 0.15) is 43.0 Å². The van der Waals surface area contributed by atoms with Crippen LogP contribution < -0.4 is 0 Å². The number of hydrogen-bond acceptors (Lipinski definition) is 2. The third kappa shape index (κ3) is 3.31. The van der Waals surface area contributed by atoms with Gasteiger partial charge >= 0.3 is 0 Å². The third-order valence-electron chi connectivity index (χ3n) is 5.57. The molecule has 23 heavy (non-hydrogen) atoms. The van der Waals surface area contributed by atoms with E-state index in [0.29, 0.717) is 12.6 Å². The minimum Gasteiger partial charge on any atom is -0.390 e. The number of nitrogens with zero attached hydrogens (tertiary/aromatic N) is 2. The summed E-state index contributed by atoms with van der Waals surface area (Å²) < 4.78 is 2.30. The second-order valence-corrected chi connectivity index (χ2v) is 7.34. The molecule has 3 nitrogen and oxygen atoms in total. The second-order valence-electron chi connectivity index (χ2n) is 7.34. The van der Waals surface area contributed by atoms with Crippen LogP contribution in [0, 0.1) is 20.8 Å². The van der Waals surface area contributed by atoms with E-state index in [1.807, 2.05) is 0 Å². The summed E-state index contributed by atoms with van der Waals surface area (Å²) in [7, 11) is 0. The molecule has 1 aromatic heterocycles. The van der Waals surface area contributed by atoms with Gasteiger partial charge in [0.2, 0.25) is 0 Å². The summed E-state index contributed by atoms with van der Waals surface area (Å²) in [5.41, 5.74) is 5.15. The first-order chi connectivity index (χ1) is 11.0. The lowest BCUT2D eigenvalue weighted by Gasteiger charge is -2.34. The minimum atomic E-state index is -0.314. The molecular weight excluding hydrogens is 284 g/mol. The van der Waals surface area contributed by atoms with Crippen molar-refractivity contribution in [2.24, 2.45) is 0 Å². The van der Waals surface area contributed by atoms with Gasteiger partial charge in [-0.1, -0.05) is 18.1 Å². The molecule has 0 saturated carbocycles. The third-order valence-corrected chi connectivity index (χ3v) is 5.57. The maximum atomic E-state index is 10.7. The molecule has 0 bridgehead atoms. The van der Waals surface area contributed by atoms with Gasteiger partial charge in [0, 0.05) is 29.2 Å². The Morgan fingerprint density at radius 1 is 1.17 bits per heavy atom. The number of β-amino-alcohol motifs (C(OH)–C–C–N with tert-alkyl or cyclic N) is 1. The van der Waals surface area contributed by atoms with Crippen LogP contribution in [-0.2, 0) is 6.54 Å². The van der Waals surface area contributed by atoms with Gasteiger partial charge in [-0.2, -0.15) is 0 Å². The average molecular weight is 314 g/mol. The van der Waals surface area contributed by atoms with Gasteiger partial charge in [0.05, 0.1) is 12.6 Å². The van der Waals surface area contributed by atoms with Gasteiger partial charge in [-0.15, -0.1) is 0 Å². The first-order valence-electron chi connectivity index (χ1n) is 8.95. The Morgan fingerprint density at radius 2 is 1.96 bits per heavy atom. The molecule has 1 fully saturated rings. The normalized spacial score (nSPS) is 21.0. The Morgan fingerprint density at radius 3 is 2.70 bits per heavy atom. The number of hydrogen-bond donors (Lipinski definition) is 1. The Labute approximate surface area is 139 Å². The van der Waals surface area contributed by atoms with E-state index < -0.39 is 0 Å². The Hall–Kier alpha value is -1.32. The molecule has 0 amide bonds. The highest BCUT2D eigenvalue weighted by Gasteiger charge is 2.22. The lowest BCUT2D eigenvalue weighted by Crippen LogP contribution is -2.43. The molecule has 1 N–H and O–H groups in total. The molecular formula is C20H30N2O. The monoisotopic (exact) mass is 314 g/mol. The van der Waals surface area contributed by atoms with Crippen molar-refractivity contribution in [1.82, 2.24) is 9.47 Å². The van der Waals surface area contributed by atoms with Gasteiger partial charge in [-0.25, -0.2) is 0 Å². The van der Waals surface area contributed by atoms with Crippen LogP contribution in [0.2, 0.25) is 0 Å². The molecule has 1 saturated heterocycles. The van der Waals surface area contributed by atoms with E-state index in [4.69, 9.17) is 0 Å². The van der Waals surface area contributed by atoms with Gasteiger partial charge in [-0.05, 0) is 64.8 Å². The van der Waals surface area contributed by atoms with Crippen LogP contribution in [0.3, 0.4) is 0 Å². The summed E-state index contributed by atoms with van der Waals surface area (Å²) in [5.74, 6) is 0. The second kappa shape index (κ2) is 6.66. The van der Waals surface area contributed by atoms with Crippen LogP contribution in [-0.4, -0.2) is 39.8 Å². The molecule has 2 heterocycles. The summed E-state index contributed by atoms with van der Waals surface area (Å²) in [5, 5.41) is 12.0. The molecule has 0 spiro atoms. The maximum absolute atomic E-state index is 10.7. The van der Waals surface area contributed by atoms with Crippen molar-refractivity contribution >= 4 is 10.9 Å². The summed E-state index contributed by atoms with van der Waals surface area (Å²) in [4.78, 5) is 2.45. The van der Waals surface area contributed by atoms with Crippen molar-refractivity contribution in [2.75, 3.05) is 13.1 Å². The van der Waals surface area contributed by atoms with E-state index in [2.05, 4.69) is 55.4 Å². The van der Waals surface area contributed by atoms with Gasteiger partial charge in [0.1, 0.15) is 0 Å². The van der Waals surface area contributed by atoms with Crippen LogP contribution in [0.5, 0.6) is 0 Å². The Balaban J connectivity index is 1.79. The topological polar surface area (TPSA) is 28.4 Å². The predicted octanol–water partition coefficient (Wildman–Crippen LogP) is 3.80. The zero-order chi connectivity index (χ0) is 16.6. The molecule has 0 aliphatic carbocycles. The standard InChI is InChI=1S/C20H30N2O/c1-14-8-9-20-19(11-14)16(3)17(4)22(20)13-18(23)12-21-10-6-5-7-15(21)2/h8-9,11,15,18,23H,5-7,10,12-13H2,1-4H3/t15-,18-/m1/s1. The van der Waals surface area contributed by atoms with Gasteiger partial charge in [-0.3, -0.25) is 4.90 Å². The number of aliphatic hydroxyl groups is 1. The molecule has 2 atom stereocenters. The number of piperidine rings is 1. The maximum Gasteiger partial charge on any atom is 0.0845 e. The molecule has 0 unspecified atom stereocenters. The number of aromatic nitrogens is 1. The number of aliphatic hydroxyl groups excluding tert-OH is 1. The van der Waals surface area contributed by atoms with E-state index in [1.54, 1.807) is 0 Å². The Kier molecular flexibility index (Phi) is 4.79. The first kappa shape index (κ1) is 16.5. The van der Waals surface area contributed by atoms with Crippen molar-refractivity contribution in [1.29, 1.82) is 0 Å². The SMILES string of the molecule is Cc1ccc2c(c1)c(C)c(C)n2C[C@H](O)CN1CCCC[C@H]1C. The number of rotatable bonds is 4. The molecule has 1 aromatic carbocycles. The Bertz CT molecular complexity index is 688. The van der Waals surface area contributed by atoms with Crippen molar-refractivity contribution in [2.45, 2.75) is 65.6 Å². The summed E-state index contributed by atoms with van der Waals surface area (Å²) in [6, 6.07) is 7.22.